The molecule has 1 aliphatic rings. The van der Waals surface area contributed by atoms with E-state index in [0.717, 1.165) is 38.5 Å². The first-order chi connectivity index (χ1) is 8.36. The molecular formula is C14H30N2O. The minimum absolute atomic E-state index is 0.493. The highest BCUT2D eigenvalue weighted by Crippen LogP contribution is 2.28. The molecule has 0 amide bonds. The summed E-state index contributed by atoms with van der Waals surface area (Å²) < 4.78 is 5.23. The van der Waals surface area contributed by atoms with Gasteiger partial charge in [0.25, 0.3) is 0 Å². The van der Waals surface area contributed by atoms with E-state index in [1.54, 1.807) is 7.11 Å². The van der Waals surface area contributed by atoms with Gasteiger partial charge in [0.1, 0.15) is 0 Å². The molecule has 0 spiro atoms. The van der Waals surface area contributed by atoms with E-state index in [1.165, 1.54) is 38.5 Å². The van der Waals surface area contributed by atoms with Crippen molar-refractivity contribution < 1.29 is 4.74 Å². The number of hydrogen-bond acceptors (Lipinski definition) is 3. The van der Waals surface area contributed by atoms with Gasteiger partial charge in [-0.15, -0.1) is 0 Å². The van der Waals surface area contributed by atoms with E-state index in [9.17, 15) is 0 Å². The van der Waals surface area contributed by atoms with Gasteiger partial charge in [0.15, 0.2) is 0 Å². The van der Waals surface area contributed by atoms with E-state index >= 15 is 0 Å². The second-order valence-corrected chi connectivity index (χ2v) is 5.33. The highest BCUT2D eigenvalue weighted by Gasteiger charge is 2.14. The third-order valence-corrected chi connectivity index (χ3v) is 3.82. The monoisotopic (exact) mass is 242 g/mol. The Labute approximate surface area is 106 Å². The van der Waals surface area contributed by atoms with Gasteiger partial charge in [-0.3, -0.25) is 0 Å². The lowest BCUT2D eigenvalue weighted by atomic mass is 10.0. The summed E-state index contributed by atoms with van der Waals surface area (Å²) in [6.45, 7) is 2.72. The lowest BCUT2D eigenvalue weighted by Gasteiger charge is -2.18. The van der Waals surface area contributed by atoms with Gasteiger partial charge >= 0.3 is 0 Å². The van der Waals surface area contributed by atoms with Gasteiger partial charge in [-0.05, 0) is 44.7 Å². The first-order valence-corrected chi connectivity index (χ1v) is 7.29. The van der Waals surface area contributed by atoms with Gasteiger partial charge in [0.05, 0.1) is 6.61 Å². The molecule has 0 aromatic heterocycles. The first-order valence-electron chi connectivity index (χ1n) is 7.29. The molecule has 1 rings (SSSR count). The van der Waals surface area contributed by atoms with E-state index in [4.69, 9.17) is 10.5 Å². The molecule has 1 unspecified atom stereocenters. The molecule has 102 valence electrons. The van der Waals surface area contributed by atoms with E-state index in [1.807, 2.05) is 0 Å². The minimum Gasteiger partial charge on any atom is -0.383 e. The van der Waals surface area contributed by atoms with Crippen LogP contribution < -0.4 is 11.1 Å². The van der Waals surface area contributed by atoms with Crippen LogP contribution in [0.2, 0.25) is 0 Å². The second-order valence-electron chi connectivity index (χ2n) is 5.33. The number of nitrogens with two attached hydrogens (primary N) is 1. The zero-order valence-electron chi connectivity index (χ0n) is 11.4. The lowest BCUT2D eigenvalue weighted by Crippen LogP contribution is -2.34. The van der Waals surface area contributed by atoms with Crippen molar-refractivity contribution in [3.63, 3.8) is 0 Å². The molecule has 0 bridgehead atoms. The topological polar surface area (TPSA) is 47.3 Å². The Bertz CT molecular complexity index is 170. The number of nitrogens with one attached hydrogen (secondary N) is 1. The molecule has 0 aliphatic heterocycles. The van der Waals surface area contributed by atoms with Gasteiger partial charge in [-0.2, -0.15) is 0 Å². The zero-order valence-corrected chi connectivity index (χ0v) is 11.4. The molecule has 0 saturated heterocycles. The molecule has 0 aromatic rings. The van der Waals surface area contributed by atoms with Crippen LogP contribution in [0.3, 0.4) is 0 Å². The van der Waals surface area contributed by atoms with E-state index in [0.29, 0.717) is 6.04 Å². The summed E-state index contributed by atoms with van der Waals surface area (Å²) in [6.07, 6.45) is 10.8. The van der Waals surface area contributed by atoms with Gasteiger partial charge in [-0.1, -0.05) is 25.7 Å². The largest absolute Gasteiger partial charge is 0.383 e. The number of rotatable bonds is 10. The van der Waals surface area contributed by atoms with Crippen LogP contribution in [-0.4, -0.2) is 32.8 Å². The van der Waals surface area contributed by atoms with Crippen LogP contribution in [0.1, 0.15) is 51.4 Å². The maximum Gasteiger partial charge on any atom is 0.0615 e. The van der Waals surface area contributed by atoms with Crippen LogP contribution in [0.25, 0.3) is 0 Å². The van der Waals surface area contributed by atoms with Crippen LogP contribution >= 0.6 is 0 Å². The molecule has 3 nitrogen and oxygen atoms in total. The summed E-state index contributed by atoms with van der Waals surface area (Å²) in [5.41, 5.74) is 5.54. The fraction of sp³-hybridized carbons (Fsp3) is 1.00. The summed E-state index contributed by atoms with van der Waals surface area (Å²) in [4.78, 5) is 0. The standard InChI is InChI=1S/C14H30N2O/c1-17-12-14(9-4-10-15)16-11-5-8-13-6-2-3-7-13/h13-14,16H,2-12,15H2,1H3. The third kappa shape index (κ3) is 7.02. The van der Waals surface area contributed by atoms with Crippen LogP contribution in [0, 0.1) is 5.92 Å². The van der Waals surface area contributed by atoms with Crippen molar-refractivity contribution in [1.29, 1.82) is 0 Å². The highest BCUT2D eigenvalue weighted by atomic mass is 16.5. The first kappa shape index (κ1) is 14.9. The normalized spacial score (nSPS) is 18.7. The van der Waals surface area contributed by atoms with Crippen LogP contribution in [0.15, 0.2) is 0 Å². The molecule has 3 N–H and O–H groups in total. The van der Waals surface area contributed by atoms with E-state index < -0.39 is 0 Å². The Kier molecular flexibility index (Phi) is 8.67. The Hall–Kier alpha value is -0.120. The molecule has 3 heteroatoms. The quantitative estimate of drug-likeness (QED) is 0.578. The predicted octanol–water partition coefficient (Wildman–Crippen LogP) is 2.30. The molecule has 1 saturated carbocycles. The molecule has 0 aromatic carbocycles. The summed E-state index contributed by atoms with van der Waals surface area (Å²) in [7, 11) is 1.77. The lowest BCUT2D eigenvalue weighted by molar-refractivity contribution is 0.161. The number of hydrogen-bond donors (Lipinski definition) is 2. The average molecular weight is 242 g/mol. The van der Waals surface area contributed by atoms with Crippen LogP contribution in [0.5, 0.6) is 0 Å². The molecule has 0 radical (unpaired) electrons. The van der Waals surface area contributed by atoms with E-state index in [-0.39, 0.29) is 0 Å². The SMILES string of the molecule is COCC(CCCN)NCCCC1CCCC1. The summed E-state index contributed by atoms with van der Waals surface area (Å²) in [5.74, 6) is 1.02. The minimum atomic E-state index is 0.493. The number of ether oxygens (including phenoxy) is 1. The van der Waals surface area contributed by atoms with Crippen LogP contribution in [0.4, 0.5) is 0 Å². The fourth-order valence-corrected chi connectivity index (χ4v) is 2.81. The Balaban J connectivity index is 2.00. The van der Waals surface area contributed by atoms with Crippen molar-refractivity contribution in [3.05, 3.63) is 0 Å². The Morgan fingerprint density at radius 3 is 2.71 bits per heavy atom. The molecular weight excluding hydrogens is 212 g/mol. The van der Waals surface area contributed by atoms with Gasteiger partial charge in [-0.25, -0.2) is 0 Å². The Morgan fingerprint density at radius 2 is 2.06 bits per heavy atom. The molecule has 17 heavy (non-hydrogen) atoms. The van der Waals surface area contributed by atoms with Gasteiger partial charge < -0.3 is 15.8 Å². The molecule has 1 atom stereocenters. The molecule has 1 aliphatic carbocycles. The smallest absolute Gasteiger partial charge is 0.0615 e. The van der Waals surface area contributed by atoms with Crippen molar-refractivity contribution in [2.45, 2.75) is 57.4 Å². The third-order valence-electron chi connectivity index (χ3n) is 3.82. The van der Waals surface area contributed by atoms with Crippen molar-refractivity contribution in [1.82, 2.24) is 5.32 Å². The maximum atomic E-state index is 5.54. The zero-order chi connectivity index (χ0) is 12.3. The van der Waals surface area contributed by atoms with Crippen LogP contribution in [-0.2, 0) is 4.74 Å². The van der Waals surface area contributed by atoms with Crippen molar-refractivity contribution in [2.75, 3.05) is 26.8 Å². The predicted molar refractivity (Wildman–Crippen MR) is 73.1 cm³/mol. The molecule has 1 fully saturated rings. The van der Waals surface area contributed by atoms with Crippen molar-refractivity contribution >= 4 is 0 Å². The average Bonchev–Trinajstić information content (AvgIpc) is 2.84. The molecule has 0 heterocycles. The summed E-state index contributed by atoms with van der Waals surface area (Å²) in [5, 5.41) is 3.60. The maximum absolute atomic E-state index is 5.54. The Morgan fingerprint density at radius 1 is 1.29 bits per heavy atom. The summed E-state index contributed by atoms with van der Waals surface area (Å²) >= 11 is 0. The van der Waals surface area contributed by atoms with Crippen molar-refractivity contribution in [3.8, 4) is 0 Å². The number of methoxy groups -OCH3 is 1. The van der Waals surface area contributed by atoms with Gasteiger partial charge in [0, 0.05) is 13.2 Å². The van der Waals surface area contributed by atoms with Crippen molar-refractivity contribution in [2.24, 2.45) is 11.7 Å². The fourth-order valence-electron chi connectivity index (χ4n) is 2.81. The van der Waals surface area contributed by atoms with Gasteiger partial charge in [0.2, 0.25) is 0 Å². The highest BCUT2D eigenvalue weighted by molar-refractivity contribution is 4.70. The van der Waals surface area contributed by atoms with E-state index in [2.05, 4.69) is 5.32 Å². The summed E-state index contributed by atoms with van der Waals surface area (Å²) in [6, 6.07) is 0.493. The second kappa shape index (κ2) is 9.86.